The van der Waals surface area contributed by atoms with Crippen LogP contribution in [0.15, 0.2) is 29.6 Å². The number of halogens is 1. The largest absolute Gasteiger partial charge is 0.480 e. The molecule has 2 aliphatic rings. The lowest BCUT2D eigenvalue weighted by Crippen LogP contribution is -2.52. The van der Waals surface area contributed by atoms with Gasteiger partial charge in [-0.1, -0.05) is 0 Å². The van der Waals surface area contributed by atoms with E-state index in [1.54, 1.807) is 23.5 Å². The molecule has 0 bridgehead atoms. The fourth-order valence-corrected chi connectivity index (χ4v) is 4.22. The molecule has 2 saturated carbocycles. The molecule has 0 radical (unpaired) electrons. The third kappa shape index (κ3) is 4.22. The second-order valence-corrected chi connectivity index (χ2v) is 8.14. The number of hydrogen-bond donors (Lipinski definition) is 2. The molecule has 5 nitrogen and oxygen atoms in total. The molecule has 1 aromatic carbocycles. The predicted molar refractivity (Wildman–Crippen MR) is 99.9 cm³/mol. The molecular weight excluding hydrogens is 353 g/mol. The van der Waals surface area contributed by atoms with Gasteiger partial charge in [-0.15, -0.1) is 11.3 Å². The summed E-state index contributed by atoms with van der Waals surface area (Å²) in [7, 11) is 0. The number of rotatable bonds is 8. The first-order chi connectivity index (χ1) is 12.6. The van der Waals surface area contributed by atoms with Crippen LogP contribution in [0.5, 0.6) is 0 Å². The molecule has 0 atom stereocenters. The van der Waals surface area contributed by atoms with Gasteiger partial charge in [-0.3, -0.25) is 9.69 Å². The van der Waals surface area contributed by atoms with E-state index < -0.39 is 5.97 Å². The van der Waals surface area contributed by atoms with Gasteiger partial charge in [0.15, 0.2) is 5.13 Å². The number of carboxylic acids is 1. The van der Waals surface area contributed by atoms with Gasteiger partial charge < -0.3 is 10.4 Å². The highest BCUT2D eigenvalue weighted by Crippen LogP contribution is 2.35. The molecule has 138 valence electrons. The van der Waals surface area contributed by atoms with Gasteiger partial charge in [-0.2, -0.15) is 0 Å². The maximum Gasteiger partial charge on any atom is 0.317 e. The van der Waals surface area contributed by atoms with Crippen LogP contribution in [0.3, 0.4) is 0 Å². The maximum absolute atomic E-state index is 13.0. The van der Waals surface area contributed by atoms with E-state index in [4.69, 9.17) is 5.11 Å². The number of aromatic nitrogens is 1. The number of benzene rings is 1. The zero-order chi connectivity index (χ0) is 18.1. The van der Waals surface area contributed by atoms with Gasteiger partial charge in [0.05, 0.1) is 12.2 Å². The minimum Gasteiger partial charge on any atom is -0.480 e. The van der Waals surface area contributed by atoms with Crippen molar-refractivity contribution in [1.82, 2.24) is 9.88 Å². The number of hydrogen-bond acceptors (Lipinski definition) is 5. The minimum atomic E-state index is -0.745. The summed E-state index contributed by atoms with van der Waals surface area (Å²) in [5.41, 5.74) is 1.74. The van der Waals surface area contributed by atoms with Crippen LogP contribution in [0.25, 0.3) is 11.3 Å². The van der Waals surface area contributed by atoms with Gasteiger partial charge in [-0.05, 0) is 55.9 Å². The van der Waals surface area contributed by atoms with Gasteiger partial charge >= 0.3 is 5.97 Å². The summed E-state index contributed by atoms with van der Waals surface area (Å²) in [6, 6.07) is 7.03. The Labute approximate surface area is 155 Å². The molecule has 2 N–H and O–H groups in total. The van der Waals surface area contributed by atoms with Gasteiger partial charge in [-0.25, -0.2) is 9.37 Å². The third-order valence-electron chi connectivity index (χ3n) is 5.13. The summed E-state index contributed by atoms with van der Waals surface area (Å²) in [5.74, 6) is -0.301. The monoisotopic (exact) mass is 375 g/mol. The van der Waals surface area contributed by atoms with Crippen molar-refractivity contribution in [3.8, 4) is 11.3 Å². The van der Waals surface area contributed by atoms with Crippen molar-refractivity contribution >= 4 is 22.4 Å². The number of aliphatic carboxylic acids is 1. The molecule has 1 aromatic heterocycles. The summed E-state index contributed by atoms with van der Waals surface area (Å²) < 4.78 is 13.0. The first-order valence-electron chi connectivity index (χ1n) is 9.00. The van der Waals surface area contributed by atoms with Crippen molar-refractivity contribution < 1.29 is 14.3 Å². The average Bonchev–Trinajstić information content (AvgIpc) is 3.25. The zero-order valence-corrected chi connectivity index (χ0v) is 15.2. The van der Waals surface area contributed by atoms with E-state index in [2.05, 4.69) is 15.2 Å². The average molecular weight is 375 g/mol. The Balaban J connectivity index is 1.30. The van der Waals surface area contributed by atoms with Crippen LogP contribution in [0.2, 0.25) is 0 Å². The van der Waals surface area contributed by atoms with Crippen molar-refractivity contribution in [3.05, 3.63) is 35.5 Å². The van der Waals surface area contributed by atoms with E-state index in [0.29, 0.717) is 18.0 Å². The maximum atomic E-state index is 13.0. The van der Waals surface area contributed by atoms with E-state index in [9.17, 15) is 9.18 Å². The Hall–Kier alpha value is -1.99. The highest BCUT2D eigenvalue weighted by atomic mass is 32.1. The first-order valence-corrected chi connectivity index (χ1v) is 9.88. The standard InChI is InChI=1S/C19H22FN3O2S/c20-14-5-3-13(4-6-14)17-11-26-19(22-17)21-15-7-16(8-15)23(10-18(24)25)9-12-1-2-12/h3-6,11-12,15-16H,1-2,7-10H2,(H,21,22)(H,24,25). The highest BCUT2D eigenvalue weighted by molar-refractivity contribution is 7.14. The minimum absolute atomic E-state index is 0.139. The number of thiazole rings is 1. The molecule has 2 aliphatic carbocycles. The summed E-state index contributed by atoms with van der Waals surface area (Å²) in [6.45, 7) is 1.05. The Kier molecular flexibility index (Phi) is 4.91. The lowest BCUT2D eigenvalue weighted by molar-refractivity contribution is -0.139. The summed E-state index contributed by atoms with van der Waals surface area (Å²) in [5, 5.41) is 15.4. The number of nitrogens with zero attached hydrogens (tertiary/aromatic N) is 2. The quantitative estimate of drug-likeness (QED) is 0.737. The van der Waals surface area contributed by atoms with Crippen LogP contribution in [0.1, 0.15) is 25.7 Å². The Bertz CT molecular complexity index is 769. The molecule has 0 spiro atoms. The van der Waals surface area contributed by atoms with Crippen molar-refractivity contribution in [2.45, 2.75) is 37.8 Å². The second kappa shape index (κ2) is 7.32. The van der Waals surface area contributed by atoms with E-state index in [1.807, 2.05) is 5.38 Å². The second-order valence-electron chi connectivity index (χ2n) is 7.28. The number of nitrogens with one attached hydrogen (secondary N) is 1. The van der Waals surface area contributed by atoms with Gasteiger partial charge in [0, 0.05) is 29.6 Å². The molecule has 26 heavy (non-hydrogen) atoms. The van der Waals surface area contributed by atoms with Crippen LogP contribution in [0, 0.1) is 11.7 Å². The topological polar surface area (TPSA) is 65.5 Å². The summed E-state index contributed by atoms with van der Waals surface area (Å²) in [6.07, 6.45) is 4.36. The summed E-state index contributed by atoms with van der Waals surface area (Å²) in [4.78, 5) is 17.8. The van der Waals surface area contributed by atoms with Gasteiger partial charge in [0.1, 0.15) is 5.82 Å². The fourth-order valence-electron chi connectivity index (χ4n) is 3.42. The summed E-state index contributed by atoms with van der Waals surface area (Å²) >= 11 is 1.54. The first kappa shape index (κ1) is 17.4. The molecular formula is C19H22FN3O2S. The Morgan fingerprint density at radius 1 is 1.31 bits per heavy atom. The van der Waals surface area contributed by atoms with E-state index in [1.165, 1.54) is 25.0 Å². The van der Waals surface area contributed by atoms with Crippen LogP contribution in [-0.4, -0.2) is 46.1 Å². The lowest BCUT2D eigenvalue weighted by Gasteiger charge is -2.42. The van der Waals surface area contributed by atoms with Crippen molar-refractivity contribution in [3.63, 3.8) is 0 Å². The molecule has 2 fully saturated rings. The highest BCUT2D eigenvalue weighted by Gasteiger charge is 2.37. The van der Waals surface area contributed by atoms with Gasteiger partial charge in [0.25, 0.3) is 0 Å². The molecule has 4 rings (SSSR count). The molecule has 2 aromatic rings. The Morgan fingerprint density at radius 3 is 2.69 bits per heavy atom. The van der Waals surface area contributed by atoms with E-state index >= 15 is 0 Å². The van der Waals surface area contributed by atoms with Crippen molar-refractivity contribution in [1.29, 1.82) is 0 Å². The number of carboxylic acid groups (broad SMARTS) is 1. The molecule has 0 aliphatic heterocycles. The molecule has 0 saturated heterocycles. The van der Waals surface area contributed by atoms with Gasteiger partial charge in [0.2, 0.25) is 0 Å². The lowest BCUT2D eigenvalue weighted by atomic mass is 9.85. The molecule has 0 amide bonds. The third-order valence-corrected chi connectivity index (χ3v) is 5.90. The van der Waals surface area contributed by atoms with E-state index in [0.717, 1.165) is 35.8 Å². The smallest absolute Gasteiger partial charge is 0.317 e. The van der Waals surface area contributed by atoms with Crippen LogP contribution >= 0.6 is 11.3 Å². The Morgan fingerprint density at radius 2 is 2.04 bits per heavy atom. The van der Waals surface area contributed by atoms with E-state index in [-0.39, 0.29) is 12.4 Å². The molecule has 1 heterocycles. The van der Waals surface area contributed by atoms with Crippen LogP contribution in [-0.2, 0) is 4.79 Å². The SMILES string of the molecule is O=C(O)CN(CC1CC1)C1CC(Nc2nc(-c3ccc(F)cc3)cs2)C1. The molecule has 7 heteroatoms. The van der Waals surface area contributed by atoms with Crippen molar-refractivity contribution in [2.75, 3.05) is 18.4 Å². The number of carbonyl (C=O) groups is 1. The predicted octanol–water partition coefficient (Wildman–Crippen LogP) is 3.69. The van der Waals surface area contributed by atoms with Crippen LogP contribution < -0.4 is 5.32 Å². The normalized spacial score (nSPS) is 22.2. The fraction of sp³-hybridized carbons (Fsp3) is 0.474. The number of anilines is 1. The van der Waals surface area contributed by atoms with Crippen molar-refractivity contribution in [2.24, 2.45) is 5.92 Å². The molecule has 0 unspecified atom stereocenters. The van der Waals surface area contributed by atoms with Crippen LogP contribution in [0.4, 0.5) is 9.52 Å². The zero-order valence-electron chi connectivity index (χ0n) is 14.4.